The van der Waals surface area contributed by atoms with Crippen molar-refractivity contribution < 1.29 is 22.8 Å². The van der Waals surface area contributed by atoms with E-state index < -0.39 is 27.9 Å². The molecule has 0 saturated carbocycles. The average molecular weight is 613 g/mol. The Labute approximate surface area is 237 Å². The second-order valence-electron chi connectivity index (χ2n) is 9.27. The predicted octanol–water partition coefficient (Wildman–Crippen LogP) is 4.15. The lowest BCUT2D eigenvalue weighted by molar-refractivity contribution is -0.141. The van der Waals surface area contributed by atoms with Gasteiger partial charge in [-0.3, -0.25) is 14.4 Å². The molecular weight excluding hydrogens is 582 g/mol. The topological polar surface area (TPSA) is 104 Å². The van der Waals surface area contributed by atoms with Crippen molar-refractivity contribution in [3.05, 3.63) is 100 Å². The second kappa shape index (κ2) is 12.6. The number of carbonyl (C=O) groups is 3. The lowest BCUT2D eigenvalue weighted by Crippen LogP contribution is -2.51. The summed E-state index contributed by atoms with van der Waals surface area (Å²) in [6.07, 6.45) is 0.757. The number of benzene rings is 3. The van der Waals surface area contributed by atoms with Gasteiger partial charge in [-0.15, -0.1) is 0 Å². The molecule has 4 rings (SSSR count). The molecule has 1 atom stereocenters. The molecule has 8 nitrogen and oxygen atoms in total. The number of hydrogen-bond donors (Lipinski definition) is 1. The van der Waals surface area contributed by atoms with Crippen LogP contribution in [0.2, 0.25) is 0 Å². The molecule has 0 radical (unpaired) electrons. The van der Waals surface area contributed by atoms with E-state index in [4.69, 9.17) is 0 Å². The van der Waals surface area contributed by atoms with Gasteiger partial charge in [0.25, 0.3) is 15.9 Å². The summed E-state index contributed by atoms with van der Waals surface area (Å²) in [5.74, 6) is -1.37. The first-order valence-electron chi connectivity index (χ1n) is 12.7. The summed E-state index contributed by atoms with van der Waals surface area (Å²) in [4.78, 5) is 41.5. The fourth-order valence-corrected chi connectivity index (χ4v) is 6.33. The van der Waals surface area contributed by atoms with Crippen LogP contribution in [0.3, 0.4) is 0 Å². The van der Waals surface area contributed by atoms with Gasteiger partial charge in [0.05, 0.1) is 5.56 Å². The Morgan fingerprint density at radius 2 is 1.62 bits per heavy atom. The maximum absolute atomic E-state index is 13.8. The molecule has 0 saturated heterocycles. The first-order chi connectivity index (χ1) is 18.7. The molecule has 1 unspecified atom stereocenters. The van der Waals surface area contributed by atoms with E-state index in [2.05, 4.69) is 21.2 Å². The van der Waals surface area contributed by atoms with Crippen molar-refractivity contribution in [3.8, 4) is 0 Å². The zero-order valence-corrected chi connectivity index (χ0v) is 23.9. The van der Waals surface area contributed by atoms with Crippen LogP contribution in [0.1, 0.15) is 41.3 Å². The van der Waals surface area contributed by atoms with Crippen LogP contribution < -0.4 is 5.32 Å². The summed E-state index contributed by atoms with van der Waals surface area (Å²) < 4.78 is 27.7. The van der Waals surface area contributed by atoms with E-state index in [-0.39, 0.29) is 42.3 Å². The van der Waals surface area contributed by atoms with Gasteiger partial charge >= 0.3 is 0 Å². The molecule has 39 heavy (non-hydrogen) atoms. The summed E-state index contributed by atoms with van der Waals surface area (Å²) >= 11 is 3.42. The molecule has 1 N–H and O–H groups in total. The van der Waals surface area contributed by atoms with E-state index in [1.165, 1.54) is 17.0 Å². The molecular formula is C29H30BrN3O5S. The zero-order valence-electron chi connectivity index (χ0n) is 21.5. The lowest BCUT2D eigenvalue weighted by atomic mass is 10.0. The van der Waals surface area contributed by atoms with E-state index in [0.717, 1.165) is 26.3 Å². The van der Waals surface area contributed by atoms with Crippen molar-refractivity contribution in [1.29, 1.82) is 0 Å². The second-order valence-corrected chi connectivity index (χ2v) is 12.0. The van der Waals surface area contributed by atoms with Crippen molar-refractivity contribution in [2.24, 2.45) is 0 Å². The number of hydrogen-bond acceptors (Lipinski definition) is 5. The number of carbonyl (C=O) groups excluding carboxylic acids is 3. The fraction of sp³-hybridized carbons (Fsp3) is 0.276. The van der Waals surface area contributed by atoms with Crippen molar-refractivity contribution in [3.63, 3.8) is 0 Å². The Hall–Kier alpha value is -3.50. The minimum atomic E-state index is -4.05. The van der Waals surface area contributed by atoms with Gasteiger partial charge in [0.15, 0.2) is 0 Å². The Balaban J connectivity index is 1.62. The van der Waals surface area contributed by atoms with Gasteiger partial charge in [-0.2, -0.15) is 0 Å². The van der Waals surface area contributed by atoms with E-state index in [1.54, 1.807) is 12.1 Å². The van der Waals surface area contributed by atoms with Crippen LogP contribution in [0, 0.1) is 0 Å². The van der Waals surface area contributed by atoms with Gasteiger partial charge in [0, 0.05) is 36.9 Å². The van der Waals surface area contributed by atoms with Crippen molar-refractivity contribution >= 4 is 43.7 Å². The molecule has 3 aromatic rings. The number of rotatable bonds is 11. The lowest BCUT2D eigenvalue weighted by Gasteiger charge is -2.32. The monoisotopic (exact) mass is 611 g/mol. The fourth-order valence-electron chi connectivity index (χ4n) is 4.50. The quantitative estimate of drug-likeness (QED) is 0.351. The number of sulfonamides is 1. The number of nitrogens with zero attached hydrogens (tertiary/aromatic N) is 2. The van der Waals surface area contributed by atoms with Crippen LogP contribution in [-0.2, 0) is 32.6 Å². The maximum Gasteiger partial charge on any atom is 0.269 e. The highest BCUT2D eigenvalue weighted by Gasteiger charge is 2.41. The summed E-state index contributed by atoms with van der Waals surface area (Å²) in [6.45, 7) is 2.23. The summed E-state index contributed by atoms with van der Waals surface area (Å²) in [7, 11) is -4.05. The first-order valence-corrected chi connectivity index (χ1v) is 15.0. The molecule has 0 fully saturated rings. The Bertz CT molecular complexity index is 1450. The zero-order chi connectivity index (χ0) is 28.0. The number of fused-ring (bicyclic) bond motifs is 1. The normalized spacial score (nSPS) is 14.5. The molecule has 0 bridgehead atoms. The molecule has 204 valence electrons. The third-order valence-electron chi connectivity index (χ3n) is 6.53. The van der Waals surface area contributed by atoms with Crippen LogP contribution in [-0.4, -0.2) is 54.5 Å². The third kappa shape index (κ3) is 6.57. The molecule has 1 heterocycles. The third-order valence-corrected chi connectivity index (χ3v) is 8.90. The highest BCUT2D eigenvalue weighted by Crippen LogP contribution is 2.30. The number of nitrogens with one attached hydrogen (secondary N) is 1. The predicted molar refractivity (Wildman–Crippen MR) is 151 cm³/mol. The largest absolute Gasteiger partial charge is 0.354 e. The SMILES string of the molecule is CCCNC(=O)C(Cc1ccccc1)N(Cc1ccc(Br)cc1)C(=O)CCN1C(=O)c2ccccc2S1(=O)=O. The van der Waals surface area contributed by atoms with E-state index >= 15 is 0 Å². The molecule has 10 heteroatoms. The highest BCUT2D eigenvalue weighted by molar-refractivity contribution is 9.10. The molecule has 1 aliphatic rings. The van der Waals surface area contributed by atoms with Gasteiger partial charge in [-0.25, -0.2) is 12.7 Å². The highest BCUT2D eigenvalue weighted by atomic mass is 79.9. The summed E-state index contributed by atoms with van der Waals surface area (Å²) in [5.41, 5.74) is 1.79. The maximum atomic E-state index is 13.8. The first kappa shape index (κ1) is 28.5. The van der Waals surface area contributed by atoms with E-state index in [0.29, 0.717) is 6.54 Å². The molecule has 0 spiro atoms. The van der Waals surface area contributed by atoms with Gasteiger partial charge in [0.1, 0.15) is 10.9 Å². The minimum Gasteiger partial charge on any atom is -0.354 e. The van der Waals surface area contributed by atoms with Crippen LogP contribution in [0.15, 0.2) is 88.2 Å². The van der Waals surface area contributed by atoms with Crippen LogP contribution in [0.25, 0.3) is 0 Å². The Morgan fingerprint density at radius 1 is 0.949 bits per heavy atom. The number of halogens is 1. The summed E-state index contributed by atoms with van der Waals surface area (Å²) in [6, 6.07) is 22.0. The van der Waals surface area contributed by atoms with Crippen LogP contribution >= 0.6 is 15.9 Å². The summed E-state index contributed by atoms with van der Waals surface area (Å²) in [5, 5.41) is 2.91. The average Bonchev–Trinajstić information content (AvgIpc) is 3.14. The van der Waals surface area contributed by atoms with Gasteiger partial charge in [-0.05, 0) is 41.8 Å². The van der Waals surface area contributed by atoms with Gasteiger partial charge in [-0.1, -0.05) is 77.5 Å². The molecule has 3 amide bonds. The Kier molecular flexibility index (Phi) is 9.19. The van der Waals surface area contributed by atoms with Crippen molar-refractivity contribution in [2.45, 2.75) is 43.7 Å². The molecule has 1 aliphatic heterocycles. The minimum absolute atomic E-state index is 0.0601. The van der Waals surface area contributed by atoms with Gasteiger partial charge in [0.2, 0.25) is 11.8 Å². The van der Waals surface area contributed by atoms with Crippen LogP contribution in [0.5, 0.6) is 0 Å². The molecule has 0 aromatic heterocycles. The van der Waals surface area contributed by atoms with E-state index in [9.17, 15) is 22.8 Å². The number of amides is 3. The smallest absolute Gasteiger partial charge is 0.269 e. The van der Waals surface area contributed by atoms with Crippen LogP contribution in [0.4, 0.5) is 0 Å². The molecule has 0 aliphatic carbocycles. The standard InChI is InChI=1S/C29H30BrN3O5S/c1-2-17-31-28(35)25(19-21-8-4-3-5-9-21)32(20-22-12-14-23(30)15-13-22)27(34)16-18-33-29(36)24-10-6-7-11-26(24)39(33,37)38/h3-15,25H,2,16-20H2,1H3,(H,31,35). The molecule has 3 aromatic carbocycles. The van der Waals surface area contributed by atoms with Crippen molar-refractivity contribution in [1.82, 2.24) is 14.5 Å². The van der Waals surface area contributed by atoms with Crippen molar-refractivity contribution in [2.75, 3.05) is 13.1 Å². The van der Waals surface area contributed by atoms with Gasteiger partial charge < -0.3 is 10.2 Å². The Morgan fingerprint density at radius 3 is 2.28 bits per heavy atom. The van der Waals surface area contributed by atoms with E-state index in [1.807, 2.05) is 61.5 Å².